The van der Waals surface area contributed by atoms with Gasteiger partial charge in [-0.25, -0.2) is 4.39 Å². The lowest BCUT2D eigenvalue weighted by atomic mass is 10.1. The van der Waals surface area contributed by atoms with Crippen molar-refractivity contribution in [2.24, 2.45) is 10.9 Å². The van der Waals surface area contributed by atoms with Gasteiger partial charge in [-0.1, -0.05) is 23.4 Å². The average molecular weight is 274 g/mol. The van der Waals surface area contributed by atoms with Gasteiger partial charge in [0.2, 0.25) is 0 Å². The maximum absolute atomic E-state index is 13.2. The van der Waals surface area contributed by atoms with Crippen molar-refractivity contribution in [3.05, 3.63) is 65.0 Å². The molecular weight excluding hydrogens is 259 g/mol. The summed E-state index contributed by atoms with van der Waals surface area (Å²) in [5, 5.41) is 11.6. The second-order valence-electron chi connectivity index (χ2n) is 4.39. The Hall–Kier alpha value is -2.56. The van der Waals surface area contributed by atoms with Gasteiger partial charge >= 0.3 is 0 Å². The average Bonchev–Trinajstić information content (AvgIpc) is 2.45. The van der Waals surface area contributed by atoms with Crippen LogP contribution in [0.1, 0.15) is 16.7 Å². The summed E-state index contributed by atoms with van der Waals surface area (Å²) in [6.45, 7) is 2.17. The molecule has 0 aliphatic rings. The molecule has 0 fully saturated rings. The van der Waals surface area contributed by atoms with Crippen molar-refractivity contribution in [3.63, 3.8) is 0 Å². The van der Waals surface area contributed by atoms with Crippen LogP contribution < -0.4 is 10.5 Å². The van der Waals surface area contributed by atoms with Crippen molar-refractivity contribution in [2.75, 3.05) is 0 Å². The number of rotatable bonds is 4. The number of hydrogen-bond donors (Lipinski definition) is 2. The summed E-state index contributed by atoms with van der Waals surface area (Å²) in [6, 6.07) is 11.7. The summed E-state index contributed by atoms with van der Waals surface area (Å²) in [5.74, 6) is 0.109. The van der Waals surface area contributed by atoms with Gasteiger partial charge in [-0.3, -0.25) is 0 Å². The first kappa shape index (κ1) is 13.9. The molecule has 3 N–H and O–H groups in total. The number of oxime groups is 1. The summed E-state index contributed by atoms with van der Waals surface area (Å²) < 4.78 is 18.9. The second-order valence-corrected chi connectivity index (χ2v) is 4.39. The van der Waals surface area contributed by atoms with Crippen LogP contribution in [-0.2, 0) is 6.61 Å². The van der Waals surface area contributed by atoms with Crippen LogP contribution in [-0.4, -0.2) is 11.0 Å². The van der Waals surface area contributed by atoms with Gasteiger partial charge in [0.05, 0.1) is 0 Å². The molecule has 0 saturated heterocycles. The van der Waals surface area contributed by atoms with E-state index >= 15 is 0 Å². The van der Waals surface area contributed by atoms with Crippen LogP contribution in [0.4, 0.5) is 4.39 Å². The van der Waals surface area contributed by atoms with Crippen LogP contribution in [0, 0.1) is 12.7 Å². The van der Waals surface area contributed by atoms with Crippen molar-refractivity contribution in [2.45, 2.75) is 13.5 Å². The molecule has 20 heavy (non-hydrogen) atoms. The van der Waals surface area contributed by atoms with Crippen LogP contribution in [0.15, 0.2) is 47.6 Å². The fraction of sp³-hybridized carbons (Fsp3) is 0.133. The summed E-state index contributed by atoms with van der Waals surface area (Å²) in [5.41, 5.74) is 7.58. The Kier molecular flexibility index (Phi) is 4.20. The Bertz CT molecular complexity index is 642. The van der Waals surface area contributed by atoms with Crippen molar-refractivity contribution in [3.8, 4) is 5.75 Å². The van der Waals surface area contributed by atoms with Crippen LogP contribution in [0.2, 0.25) is 0 Å². The molecule has 0 aliphatic carbocycles. The van der Waals surface area contributed by atoms with Gasteiger partial charge in [-0.05, 0) is 36.8 Å². The van der Waals surface area contributed by atoms with Crippen LogP contribution in [0.3, 0.4) is 0 Å². The number of aryl methyl sites for hydroxylation is 1. The molecule has 2 rings (SSSR count). The molecule has 0 atom stereocenters. The number of halogens is 1. The molecule has 2 aromatic rings. The maximum Gasteiger partial charge on any atom is 0.170 e. The molecule has 0 heterocycles. The minimum Gasteiger partial charge on any atom is -0.489 e. The Labute approximate surface area is 116 Å². The van der Waals surface area contributed by atoms with Crippen molar-refractivity contribution >= 4 is 5.84 Å². The Morgan fingerprint density at radius 3 is 2.80 bits per heavy atom. The molecule has 0 amide bonds. The molecule has 0 radical (unpaired) electrons. The molecule has 5 heteroatoms. The maximum atomic E-state index is 13.2. The Morgan fingerprint density at radius 1 is 1.30 bits per heavy atom. The molecule has 4 nitrogen and oxygen atoms in total. The summed E-state index contributed by atoms with van der Waals surface area (Å²) >= 11 is 0. The van der Waals surface area contributed by atoms with Gasteiger partial charge in [0.1, 0.15) is 18.2 Å². The first-order chi connectivity index (χ1) is 9.60. The fourth-order valence-corrected chi connectivity index (χ4v) is 1.83. The SMILES string of the molecule is Cc1cccc(OCc2ccc(F)cc2C(N)=NO)c1. The summed E-state index contributed by atoms with van der Waals surface area (Å²) in [4.78, 5) is 0. The van der Waals surface area contributed by atoms with E-state index in [0.717, 1.165) is 5.56 Å². The normalized spacial score (nSPS) is 11.4. The van der Waals surface area contributed by atoms with E-state index in [2.05, 4.69) is 5.16 Å². The number of ether oxygens (including phenoxy) is 1. The molecule has 104 valence electrons. The van der Waals surface area contributed by atoms with Crippen LogP contribution in [0.25, 0.3) is 0 Å². The predicted molar refractivity (Wildman–Crippen MR) is 74.4 cm³/mol. The molecule has 2 aromatic carbocycles. The Balaban J connectivity index is 2.21. The highest BCUT2D eigenvalue weighted by Gasteiger charge is 2.09. The second kappa shape index (κ2) is 6.06. The zero-order chi connectivity index (χ0) is 14.5. The number of benzene rings is 2. The summed E-state index contributed by atoms with van der Waals surface area (Å²) in [7, 11) is 0. The standard InChI is InChI=1S/C15H15FN2O2/c1-10-3-2-4-13(7-10)20-9-11-5-6-12(16)8-14(11)15(17)18-19/h2-8,19H,9H2,1H3,(H2,17,18). The molecule has 0 saturated carbocycles. The third kappa shape index (κ3) is 3.26. The minimum atomic E-state index is -0.453. The van der Waals surface area contributed by atoms with E-state index in [1.807, 2.05) is 31.2 Å². The van der Waals surface area contributed by atoms with E-state index in [1.54, 1.807) is 6.07 Å². The summed E-state index contributed by atoms with van der Waals surface area (Å²) in [6.07, 6.45) is 0. The monoisotopic (exact) mass is 274 g/mol. The lowest BCUT2D eigenvalue weighted by Gasteiger charge is -2.11. The highest BCUT2D eigenvalue weighted by Crippen LogP contribution is 2.17. The number of amidine groups is 1. The van der Waals surface area contributed by atoms with Gasteiger partial charge in [0, 0.05) is 11.1 Å². The number of nitrogens with zero attached hydrogens (tertiary/aromatic N) is 1. The van der Waals surface area contributed by atoms with Gasteiger partial charge in [0.15, 0.2) is 5.84 Å². The molecule has 0 bridgehead atoms. The Morgan fingerprint density at radius 2 is 2.10 bits per heavy atom. The van der Waals surface area contributed by atoms with Crippen molar-refractivity contribution < 1.29 is 14.3 Å². The van der Waals surface area contributed by atoms with Crippen LogP contribution >= 0.6 is 0 Å². The van der Waals surface area contributed by atoms with E-state index in [-0.39, 0.29) is 12.4 Å². The zero-order valence-electron chi connectivity index (χ0n) is 11.0. The number of hydrogen-bond acceptors (Lipinski definition) is 3. The van der Waals surface area contributed by atoms with Gasteiger partial charge in [-0.2, -0.15) is 0 Å². The molecule has 0 aromatic heterocycles. The van der Waals surface area contributed by atoms with E-state index < -0.39 is 5.82 Å². The fourth-order valence-electron chi connectivity index (χ4n) is 1.83. The smallest absolute Gasteiger partial charge is 0.170 e. The zero-order valence-corrected chi connectivity index (χ0v) is 11.0. The molecule has 0 aliphatic heterocycles. The predicted octanol–water partition coefficient (Wildman–Crippen LogP) is 2.81. The third-order valence-corrected chi connectivity index (χ3v) is 2.84. The lowest BCUT2D eigenvalue weighted by molar-refractivity contribution is 0.304. The largest absolute Gasteiger partial charge is 0.489 e. The van der Waals surface area contributed by atoms with Gasteiger partial charge in [-0.15, -0.1) is 0 Å². The van der Waals surface area contributed by atoms with E-state index in [4.69, 9.17) is 15.7 Å². The van der Waals surface area contributed by atoms with Crippen molar-refractivity contribution in [1.29, 1.82) is 0 Å². The van der Waals surface area contributed by atoms with Crippen LogP contribution in [0.5, 0.6) is 5.75 Å². The van der Waals surface area contributed by atoms with E-state index in [9.17, 15) is 4.39 Å². The molecular formula is C15H15FN2O2. The lowest BCUT2D eigenvalue weighted by Crippen LogP contribution is -2.16. The van der Waals surface area contributed by atoms with Crippen molar-refractivity contribution in [1.82, 2.24) is 0 Å². The first-order valence-corrected chi connectivity index (χ1v) is 6.06. The first-order valence-electron chi connectivity index (χ1n) is 6.06. The van der Waals surface area contributed by atoms with E-state index in [1.165, 1.54) is 12.1 Å². The number of nitrogens with two attached hydrogens (primary N) is 1. The minimum absolute atomic E-state index is 0.146. The quantitative estimate of drug-likeness (QED) is 0.390. The third-order valence-electron chi connectivity index (χ3n) is 2.84. The molecule has 0 spiro atoms. The highest BCUT2D eigenvalue weighted by atomic mass is 19.1. The topological polar surface area (TPSA) is 67.8 Å². The molecule has 0 unspecified atom stereocenters. The van der Waals surface area contributed by atoms with E-state index in [0.29, 0.717) is 16.9 Å². The highest BCUT2D eigenvalue weighted by molar-refractivity contribution is 5.98. The van der Waals surface area contributed by atoms with Gasteiger partial charge in [0.25, 0.3) is 0 Å². The van der Waals surface area contributed by atoms with Gasteiger partial charge < -0.3 is 15.7 Å².